The van der Waals surface area contributed by atoms with E-state index in [1.165, 1.54) is 236 Å². The molecule has 4 nitrogen and oxygen atoms in total. The van der Waals surface area contributed by atoms with Gasteiger partial charge in [-0.05, 0) is 228 Å². The van der Waals surface area contributed by atoms with E-state index in [-0.39, 0.29) is 0 Å². The zero-order valence-corrected chi connectivity index (χ0v) is 59.0. The topological polar surface area (TPSA) is 15.5 Å². The molecule has 0 amide bonds. The van der Waals surface area contributed by atoms with Gasteiger partial charge in [0.2, 0.25) is 44.8 Å². The smallest absolute Gasteiger partial charge is 0.194 e. The van der Waals surface area contributed by atoms with Crippen molar-refractivity contribution in [1.29, 1.82) is 0 Å². The third-order valence-electron chi connectivity index (χ3n) is 22.7. The molecule has 0 saturated heterocycles. The quantitative estimate of drug-likeness (QED) is 0.135. The normalized spacial score (nSPS) is 15.3. The molecule has 0 spiro atoms. The number of benzene rings is 8. The predicted molar refractivity (Wildman–Crippen MR) is 400 cm³/mol. The highest BCUT2D eigenvalue weighted by Gasteiger charge is 2.28. The summed E-state index contributed by atoms with van der Waals surface area (Å²) >= 11 is 0. The molecule has 482 valence electrons. The molecule has 4 aliphatic rings. The largest absolute Gasteiger partial charge is 0.213 e. The molecule has 0 bridgehead atoms. The Labute approximate surface area is 568 Å². The van der Waals surface area contributed by atoms with Gasteiger partial charge in [0.1, 0.15) is 28.2 Å². The van der Waals surface area contributed by atoms with Crippen LogP contribution in [0.5, 0.6) is 0 Å². The summed E-state index contributed by atoms with van der Waals surface area (Å²) in [5, 5.41) is 5.65. The first-order chi connectivity index (χ1) is 46.2. The summed E-state index contributed by atoms with van der Waals surface area (Å²) in [7, 11) is 8.80. The number of pyridine rings is 4. The summed E-state index contributed by atoms with van der Waals surface area (Å²) in [4.78, 5) is 0. The monoisotopic (exact) mass is 1250 g/mol. The first-order valence-electron chi connectivity index (χ1n) is 36.2. The van der Waals surface area contributed by atoms with Crippen molar-refractivity contribution in [1.82, 2.24) is 0 Å². The van der Waals surface area contributed by atoms with Crippen LogP contribution in [0.4, 0.5) is 0 Å². The van der Waals surface area contributed by atoms with Gasteiger partial charge in [-0.1, -0.05) is 160 Å². The van der Waals surface area contributed by atoms with Crippen LogP contribution in [0, 0.1) is 48.5 Å². The number of aryl methyl sites for hydroxylation is 10. The van der Waals surface area contributed by atoms with Gasteiger partial charge in [0.15, 0.2) is 0 Å². The van der Waals surface area contributed by atoms with Crippen LogP contribution in [0.2, 0.25) is 0 Å². The van der Waals surface area contributed by atoms with E-state index in [9.17, 15) is 0 Å². The summed E-state index contributed by atoms with van der Waals surface area (Å²) in [5.41, 5.74) is 31.4. The van der Waals surface area contributed by atoms with Crippen LogP contribution in [0.15, 0.2) is 200 Å². The average Bonchev–Trinajstić information content (AvgIpc) is 1.60. The van der Waals surface area contributed by atoms with Gasteiger partial charge in [-0.3, -0.25) is 0 Å². The molecule has 0 radical (unpaired) electrons. The van der Waals surface area contributed by atoms with Crippen molar-refractivity contribution in [2.45, 2.75) is 175 Å². The van der Waals surface area contributed by atoms with Crippen LogP contribution in [0.3, 0.4) is 0 Å². The van der Waals surface area contributed by atoms with Gasteiger partial charge in [0.25, 0.3) is 0 Å². The number of hydrogen-bond donors (Lipinski definition) is 0. The van der Waals surface area contributed by atoms with Crippen molar-refractivity contribution >= 4 is 43.6 Å². The Morgan fingerprint density at radius 2 is 0.642 bits per heavy atom. The molecule has 4 aliphatic carbocycles. The van der Waals surface area contributed by atoms with Gasteiger partial charge in [0, 0.05) is 92.3 Å². The molecule has 95 heavy (non-hydrogen) atoms. The molecular weight excluding hydrogens is 1150 g/mol. The van der Waals surface area contributed by atoms with Crippen LogP contribution >= 0.6 is 0 Å². The average molecular weight is 1250 g/mol. The molecule has 0 atom stereocenters. The minimum atomic E-state index is 0.748. The highest BCUT2D eigenvalue weighted by atomic mass is 15.0. The summed E-state index contributed by atoms with van der Waals surface area (Å²) in [5.74, 6) is 3.03. The van der Waals surface area contributed by atoms with E-state index in [0.717, 1.165) is 23.7 Å². The first kappa shape index (κ1) is 65.1. The Hall–Kier alpha value is -8.60. The first-order valence-corrected chi connectivity index (χ1v) is 36.2. The Bertz CT molecular complexity index is 4770. The van der Waals surface area contributed by atoms with E-state index in [2.05, 4.69) is 295 Å². The lowest BCUT2D eigenvalue weighted by Crippen LogP contribution is -2.32. The second kappa shape index (κ2) is 28.8. The van der Waals surface area contributed by atoms with Crippen LogP contribution in [-0.2, 0) is 28.2 Å². The molecule has 4 fully saturated rings. The zero-order chi connectivity index (χ0) is 65.9. The molecule has 4 heterocycles. The van der Waals surface area contributed by atoms with Crippen LogP contribution in [0.25, 0.3) is 88.6 Å². The molecule has 8 aromatic carbocycles. The molecule has 0 unspecified atom stereocenters. The van der Waals surface area contributed by atoms with Gasteiger partial charge in [-0.15, -0.1) is 0 Å². The molecule has 0 aliphatic heterocycles. The van der Waals surface area contributed by atoms with Crippen LogP contribution < -0.4 is 18.3 Å². The van der Waals surface area contributed by atoms with E-state index in [0.29, 0.717) is 0 Å². The summed E-state index contributed by atoms with van der Waals surface area (Å²) in [6, 6.07) is 74.7. The number of hydrogen-bond acceptors (Lipinski definition) is 0. The third-order valence-corrected chi connectivity index (χ3v) is 22.7. The van der Waals surface area contributed by atoms with Gasteiger partial charge in [0.05, 0.1) is 0 Å². The maximum absolute atomic E-state index is 2.41. The Morgan fingerprint density at radius 1 is 0.263 bits per heavy atom. The predicted octanol–water partition coefficient (Wildman–Crippen LogP) is 22.1. The minimum Gasteiger partial charge on any atom is -0.194 e. The van der Waals surface area contributed by atoms with Crippen molar-refractivity contribution in [2.75, 3.05) is 0 Å². The van der Waals surface area contributed by atoms with Crippen molar-refractivity contribution in [3.05, 3.63) is 261 Å². The van der Waals surface area contributed by atoms with Crippen molar-refractivity contribution in [3.8, 4) is 45.0 Å². The molecule has 0 N–H and O–H groups in total. The van der Waals surface area contributed by atoms with Crippen LogP contribution in [-0.4, -0.2) is 0 Å². The SMILES string of the molecule is Cc1cc(C)c(C)c(-c2ccc3c(C4CCCC4)cccc3[n+]2C)c1.Cc1ccc(C)c(-c2ccc3c(C4CCCC4)cccc3[n+]2C)c1.Cc1ccccc1-c1ccc2c(C3CCCC3)cccc2[n+]1C.Cc1ccccc1-c1ccc2cc(C3CCCC3)ccc2[n+]1C. The fourth-order valence-corrected chi connectivity index (χ4v) is 17.2. The fraction of sp³-hybridized carbons (Fsp3) is 0.341. The third kappa shape index (κ3) is 13.5. The second-order valence-corrected chi connectivity index (χ2v) is 28.9. The van der Waals surface area contributed by atoms with Crippen molar-refractivity contribution in [2.24, 2.45) is 28.2 Å². The standard InChI is InChI=1S/C24H28N.C23H26N.2C22H24N/c1-16-14-17(2)18(3)22(15-16)24-13-12-21-20(19-8-5-6-9-19)10-7-11-23(21)25(24)4;1-16-11-12-17(2)21(15-16)23-14-13-20-19(18-7-4-5-8-18)9-6-10-22(20)24(23)3;1-16-8-3-6-11-18(16)22-15-14-20-19(17-9-4-5-10-17)12-7-13-21(20)23(22)2;1-16-7-3-6-10-20(16)22-14-12-19-15-18(17-8-4-5-9-17)11-13-21(19)23(22)2/h7,10-15,19H,5-6,8-9H2,1-4H3;6,9-15,18H,4-5,7-8H2,1-3H3;3,6-8,11-15,17H,4-5,9-10H2,1-2H3;3,6-7,10-15,17H,4-5,8-9H2,1-2H3/q4*+1. The highest BCUT2D eigenvalue weighted by Crippen LogP contribution is 2.42. The highest BCUT2D eigenvalue weighted by molar-refractivity contribution is 5.85. The minimum absolute atomic E-state index is 0.748. The summed E-state index contributed by atoms with van der Waals surface area (Å²) < 4.78 is 9.44. The molecule has 4 aromatic heterocycles. The van der Waals surface area contributed by atoms with E-state index >= 15 is 0 Å². The van der Waals surface area contributed by atoms with Gasteiger partial charge >= 0.3 is 0 Å². The molecule has 16 rings (SSSR count). The van der Waals surface area contributed by atoms with Gasteiger partial charge in [-0.2, -0.15) is 18.3 Å². The molecule has 12 aromatic rings. The van der Waals surface area contributed by atoms with Gasteiger partial charge in [-0.25, -0.2) is 0 Å². The van der Waals surface area contributed by atoms with Gasteiger partial charge < -0.3 is 0 Å². The summed E-state index contributed by atoms with van der Waals surface area (Å²) in [6.07, 6.45) is 21.9. The maximum Gasteiger partial charge on any atom is 0.213 e. The zero-order valence-electron chi connectivity index (χ0n) is 59.0. The molecule has 4 saturated carbocycles. The van der Waals surface area contributed by atoms with Crippen molar-refractivity contribution < 1.29 is 18.3 Å². The van der Waals surface area contributed by atoms with E-state index in [1.54, 1.807) is 16.7 Å². The fourth-order valence-electron chi connectivity index (χ4n) is 17.2. The van der Waals surface area contributed by atoms with Crippen LogP contribution in [0.1, 0.15) is 188 Å². The van der Waals surface area contributed by atoms with E-state index in [4.69, 9.17) is 0 Å². The number of nitrogens with zero attached hydrogens (tertiary/aromatic N) is 4. The second-order valence-electron chi connectivity index (χ2n) is 28.9. The lowest BCUT2D eigenvalue weighted by molar-refractivity contribution is -0.633. The lowest BCUT2D eigenvalue weighted by atomic mass is 9.92. The summed E-state index contributed by atoms with van der Waals surface area (Å²) in [6.45, 7) is 15.4. The molecular formula is C91H102N4+4. The van der Waals surface area contributed by atoms with E-state index in [1.807, 2.05) is 0 Å². The Kier molecular flexibility index (Phi) is 19.7. The Morgan fingerprint density at radius 3 is 1.09 bits per heavy atom. The maximum atomic E-state index is 2.41. The lowest BCUT2D eigenvalue weighted by Gasteiger charge is -2.14. The van der Waals surface area contributed by atoms with Crippen molar-refractivity contribution in [3.63, 3.8) is 0 Å². The number of aromatic nitrogens is 4. The molecule has 4 heteroatoms. The Balaban J connectivity index is 0.000000115. The number of fused-ring (bicyclic) bond motifs is 4. The number of rotatable bonds is 8. The van der Waals surface area contributed by atoms with E-state index < -0.39 is 0 Å².